The Hall–Kier alpha value is -1.63. The summed E-state index contributed by atoms with van der Waals surface area (Å²) >= 11 is 0. The van der Waals surface area contributed by atoms with Gasteiger partial charge in [-0.05, 0) is 12.8 Å². The van der Waals surface area contributed by atoms with Crippen LogP contribution >= 0.6 is 0 Å². The summed E-state index contributed by atoms with van der Waals surface area (Å²) in [5.41, 5.74) is 5.31. The molecule has 0 spiro atoms. The molecule has 1 fully saturated rings. The van der Waals surface area contributed by atoms with E-state index < -0.39 is 0 Å². The SMILES string of the molecule is CC(C)NCc1nnc(N2CCC(C(N)=O)CC2)o1. The molecule has 0 bridgehead atoms. The summed E-state index contributed by atoms with van der Waals surface area (Å²) < 4.78 is 5.59. The van der Waals surface area contributed by atoms with E-state index in [1.807, 2.05) is 4.90 Å². The summed E-state index contributed by atoms with van der Waals surface area (Å²) in [6.07, 6.45) is 1.49. The molecule has 0 aromatic carbocycles. The zero-order chi connectivity index (χ0) is 13.8. The fourth-order valence-corrected chi connectivity index (χ4v) is 2.09. The quantitative estimate of drug-likeness (QED) is 0.794. The molecule has 2 rings (SSSR count). The van der Waals surface area contributed by atoms with Crippen molar-refractivity contribution in [2.24, 2.45) is 11.7 Å². The summed E-state index contributed by atoms with van der Waals surface area (Å²) in [6.45, 7) is 6.15. The van der Waals surface area contributed by atoms with Crippen LogP contribution in [0.15, 0.2) is 4.42 Å². The van der Waals surface area contributed by atoms with E-state index in [4.69, 9.17) is 10.2 Å². The molecule has 1 aliphatic rings. The van der Waals surface area contributed by atoms with Gasteiger partial charge < -0.3 is 20.4 Å². The van der Waals surface area contributed by atoms with E-state index in [0.29, 0.717) is 24.5 Å². The summed E-state index contributed by atoms with van der Waals surface area (Å²) in [5.74, 6) is 0.342. The number of nitrogens with one attached hydrogen (secondary N) is 1. The Morgan fingerprint density at radius 3 is 2.74 bits per heavy atom. The second kappa shape index (κ2) is 6.01. The highest BCUT2D eigenvalue weighted by atomic mass is 16.4. The zero-order valence-electron chi connectivity index (χ0n) is 11.4. The van der Waals surface area contributed by atoms with Crippen molar-refractivity contribution in [1.82, 2.24) is 15.5 Å². The Morgan fingerprint density at radius 2 is 2.16 bits per heavy atom. The van der Waals surface area contributed by atoms with Gasteiger partial charge in [0.05, 0.1) is 6.54 Å². The number of rotatable bonds is 5. The van der Waals surface area contributed by atoms with Crippen LogP contribution < -0.4 is 16.0 Å². The number of aromatic nitrogens is 2. The molecule has 7 heteroatoms. The molecule has 0 unspecified atom stereocenters. The van der Waals surface area contributed by atoms with Gasteiger partial charge in [0.2, 0.25) is 11.8 Å². The molecular formula is C12H21N5O2. The van der Waals surface area contributed by atoms with Gasteiger partial charge in [-0.1, -0.05) is 18.9 Å². The number of amides is 1. The number of carbonyl (C=O) groups excluding carboxylic acids is 1. The minimum atomic E-state index is -0.216. The average Bonchev–Trinajstić information content (AvgIpc) is 2.85. The molecule has 0 atom stereocenters. The van der Waals surface area contributed by atoms with Crippen LogP contribution in [0.1, 0.15) is 32.6 Å². The molecule has 19 heavy (non-hydrogen) atoms. The molecule has 0 aliphatic carbocycles. The predicted molar refractivity (Wildman–Crippen MR) is 70.4 cm³/mol. The predicted octanol–water partition coefficient (Wildman–Crippen LogP) is 0.269. The third-order valence-corrected chi connectivity index (χ3v) is 3.29. The maximum Gasteiger partial charge on any atom is 0.318 e. The zero-order valence-corrected chi connectivity index (χ0v) is 11.4. The minimum Gasteiger partial charge on any atom is -0.407 e. The van der Waals surface area contributed by atoms with Crippen LogP contribution in [0.25, 0.3) is 0 Å². The van der Waals surface area contributed by atoms with Crippen molar-refractivity contribution in [1.29, 1.82) is 0 Å². The smallest absolute Gasteiger partial charge is 0.318 e. The van der Waals surface area contributed by atoms with Crippen molar-refractivity contribution in [3.63, 3.8) is 0 Å². The number of hydrogen-bond donors (Lipinski definition) is 2. The number of piperidine rings is 1. The van der Waals surface area contributed by atoms with E-state index in [1.54, 1.807) is 0 Å². The lowest BCUT2D eigenvalue weighted by atomic mass is 9.97. The lowest BCUT2D eigenvalue weighted by molar-refractivity contribution is -0.122. The standard InChI is InChI=1S/C12H21N5O2/c1-8(2)14-7-10-15-16-12(19-10)17-5-3-9(4-6-17)11(13)18/h8-9,14H,3-7H2,1-2H3,(H2,13,18). The van der Waals surface area contributed by atoms with Crippen molar-refractivity contribution in [2.45, 2.75) is 39.3 Å². The largest absolute Gasteiger partial charge is 0.407 e. The van der Waals surface area contributed by atoms with Crippen molar-refractivity contribution in [3.05, 3.63) is 5.89 Å². The summed E-state index contributed by atoms with van der Waals surface area (Å²) in [7, 11) is 0. The molecule has 2 heterocycles. The second-order valence-electron chi connectivity index (χ2n) is 5.18. The van der Waals surface area contributed by atoms with Crippen LogP contribution in [-0.4, -0.2) is 35.2 Å². The van der Waals surface area contributed by atoms with Crippen molar-refractivity contribution in [2.75, 3.05) is 18.0 Å². The first-order valence-corrected chi connectivity index (χ1v) is 6.66. The van der Waals surface area contributed by atoms with Crippen LogP contribution in [0.3, 0.4) is 0 Å². The van der Waals surface area contributed by atoms with Crippen molar-refractivity contribution >= 4 is 11.9 Å². The fraction of sp³-hybridized carbons (Fsp3) is 0.750. The van der Waals surface area contributed by atoms with Gasteiger partial charge in [0.25, 0.3) is 0 Å². The Balaban J connectivity index is 1.88. The van der Waals surface area contributed by atoms with Gasteiger partial charge in [-0.3, -0.25) is 4.79 Å². The van der Waals surface area contributed by atoms with Gasteiger partial charge in [-0.2, -0.15) is 0 Å². The highest BCUT2D eigenvalue weighted by molar-refractivity contribution is 5.76. The third-order valence-electron chi connectivity index (χ3n) is 3.29. The number of carbonyl (C=O) groups is 1. The molecule has 1 aliphatic heterocycles. The number of nitrogens with two attached hydrogens (primary N) is 1. The Labute approximate surface area is 112 Å². The van der Waals surface area contributed by atoms with E-state index in [0.717, 1.165) is 25.9 Å². The average molecular weight is 267 g/mol. The molecule has 1 aromatic rings. The van der Waals surface area contributed by atoms with Crippen molar-refractivity contribution < 1.29 is 9.21 Å². The Kier molecular flexibility index (Phi) is 4.36. The normalized spacial score (nSPS) is 17.1. The first kappa shape index (κ1) is 13.8. The van der Waals surface area contributed by atoms with E-state index in [-0.39, 0.29) is 11.8 Å². The van der Waals surface area contributed by atoms with Crippen LogP contribution in [0, 0.1) is 5.92 Å². The highest BCUT2D eigenvalue weighted by Crippen LogP contribution is 2.21. The van der Waals surface area contributed by atoms with E-state index in [9.17, 15) is 4.79 Å². The number of hydrogen-bond acceptors (Lipinski definition) is 6. The second-order valence-corrected chi connectivity index (χ2v) is 5.18. The van der Waals surface area contributed by atoms with E-state index in [2.05, 4.69) is 29.4 Å². The molecule has 0 saturated carbocycles. The lowest BCUT2D eigenvalue weighted by Crippen LogP contribution is -2.38. The van der Waals surface area contributed by atoms with Crippen LogP contribution in [0.2, 0.25) is 0 Å². The van der Waals surface area contributed by atoms with Gasteiger partial charge >= 0.3 is 6.01 Å². The maximum atomic E-state index is 11.1. The van der Waals surface area contributed by atoms with Crippen molar-refractivity contribution in [3.8, 4) is 0 Å². The van der Waals surface area contributed by atoms with Gasteiger partial charge in [0.15, 0.2) is 0 Å². The number of primary amides is 1. The lowest BCUT2D eigenvalue weighted by Gasteiger charge is -2.28. The molecule has 1 aromatic heterocycles. The first-order chi connectivity index (χ1) is 9.06. The van der Waals surface area contributed by atoms with Gasteiger partial charge in [-0.15, -0.1) is 5.10 Å². The molecule has 1 saturated heterocycles. The number of nitrogens with zero attached hydrogens (tertiary/aromatic N) is 3. The molecule has 106 valence electrons. The molecule has 7 nitrogen and oxygen atoms in total. The van der Waals surface area contributed by atoms with Gasteiger partial charge in [0, 0.05) is 25.0 Å². The van der Waals surface area contributed by atoms with E-state index >= 15 is 0 Å². The molecule has 1 amide bonds. The topological polar surface area (TPSA) is 97.3 Å². The van der Waals surface area contributed by atoms with Gasteiger partial charge in [0.1, 0.15) is 0 Å². The molecule has 0 radical (unpaired) electrons. The van der Waals surface area contributed by atoms with Crippen LogP contribution in [-0.2, 0) is 11.3 Å². The Morgan fingerprint density at radius 1 is 1.47 bits per heavy atom. The monoisotopic (exact) mass is 267 g/mol. The fourth-order valence-electron chi connectivity index (χ4n) is 2.09. The van der Waals surface area contributed by atoms with Crippen LogP contribution in [0.4, 0.5) is 6.01 Å². The summed E-state index contributed by atoms with van der Waals surface area (Å²) in [4.78, 5) is 13.1. The Bertz CT molecular complexity index is 424. The van der Waals surface area contributed by atoms with Gasteiger partial charge in [-0.25, -0.2) is 0 Å². The molecule has 3 N–H and O–H groups in total. The number of anilines is 1. The third kappa shape index (κ3) is 3.66. The van der Waals surface area contributed by atoms with Crippen LogP contribution in [0.5, 0.6) is 0 Å². The maximum absolute atomic E-state index is 11.1. The summed E-state index contributed by atoms with van der Waals surface area (Å²) in [6, 6.07) is 0.908. The molecular weight excluding hydrogens is 246 g/mol. The summed E-state index contributed by atoms with van der Waals surface area (Å²) in [5, 5.41) is 11.3. The highest BCUT2D eigenvalue weighted by Gasteiger charge is 2.25. The van der Waals surface area contributed by atoms with E-state index in [1.165, 1.54) is 0 Å². The minimum absolute atomic E-state index is 0.0266. The first-order valence-electron chi connectivity index (χ1n) is 6.66.